The topological polar surface area (TPSA) is 96.0 Å². The lowest BCUT2D eigenvalue weighted by Crippen LogP contribution is -2.50. The maximum atomic E-state index is 13.4. The van der Waals surface area contributed by atoms with Crippen LogP contribution in [0.5, 0.6) is 5.75 Å². The smallest absolute Gasteiger partial charge is 0.334 e. The highest BCUT2D eigenvalue weighted by Gasteiger charge is 2.49. The summed E-state index contributed by atoms with van der Waals surface area (Å²) in [6.45, 7) is 10.3. The van der Waals surface area contributed by atoms with Gasteiger partial charge in [-0.05, 0) is 62.5 Å². The van der Waals surface area contributed by atoms with Gasteiger partial charge in [-0.3, -0.25) is 14.4 Å². The van der Waals surface area contributed by atoms with Crippen LogP contribution < -0.4 is 4.74 Å². The minimum absolute atomic E-state index is 0.122. The van der Waals surface area contributed by atoms with Crippen LogP contribution in [0, 0.1) is 12.8 Å². The van der Waals surface area contributed by atoms with Crippen molar-refractivity contribution in [2.75, 3.05) is 0 Å². The number of allylic oxidation sites excluding steroid dienone is 3. The van der Waals surface area contributed by atoms with E-state index in [9.17, 15) is 19.2 Å². The quantitative estimate of drug-likeness (QED) is 0.121. The van der Waals surface area contributed by atoms with Gasteiger partial charge in [0.05, 0.1) is 11.1 Å². The summed E-state index contributed by atoms with van der Waals surface area (Å²) in [5, 5.41) is 0. The van der Waals surface area contributed by atoms with Crippen LogP contribution in [0.4, 0.5) is 0 Å². The molecule has 0 radical (unpaired) electrons. The third kappa shape index (κ3) is 6.39. The lowest BCUT2D eigenvalue weighted by Gasteiger charge is -2.32. The van der Waals surface area contributed by atoms with Gasteiger partial charge in [0.15, 0.2) is 0 Å². The normalized spacial score (nSPS) is 19.9. The summed E-state index contributed by atoms with van der Waals surface area (Å²) in [5.41, 5.74) is 0.131. The fourth-order valence-electron chi connectivity index (χ4n) is 4.56. The molecule has 2 aliphatic rings. The number of carbonyl (C=O) groups excluding carboxylic acids is 4. The van der Waals surface area contributed by atoms with Gasteiger partial charge >= 0.3 is 11.9 Å². The van der Waals surface area contributed by atoms with Gasteiger partial charge in [-0.2, -0.15) is 0 Å². The standard InChI is InChI=1S/C31H36O7/c1-7-8-9-10-12-19(2)15-21(4)30(35)38-31(6)27(33)17-23-16-26(36-18-24(23)29(31)34)28-20(3)13-11-14-25(28)37-22(5)32/h11,13-19H,7-10,12H2,1-6H3/b21-15+. The van der Waals surface area contributed by atoms with Crippen LogP contribution in [0.2, 0.25) is 0 Å². The molecule has 1 aromatic carbocycles. The van der Waals surface area contributed by atoms with Crippen molar-refractivity contribution in [1.82, 2.24) is 0 Å². The van der Waals surface area contributed by atoms with E-state index in [0.29, 0.717) is 28.2 Å². The molecule has 7 nitrogen and oxygen atoms in total. The van der Waals surface area contributed by atoms with E-state index in [2.05, 4.69) is 6.92 Å². The summed E-state index contributed by atoms with van der Waals surface area (Å²) in [6, 6.07) is 5.21. The van der Waals surface area contributed by atoms with Gasteiger partial charge < -0.3 is 14.2 Å². The van der Waals surface area contributed by atoms with E-state index < -0.39 is 29.1 Å². The molecule has 202 valence electrons. The van der Waals surface area contributed by atoms with Gasteiger partial charge in [-0.25, -0.2) is 4.79 Å². The van der Waals surface area contributed by atoms with Crippen molar-refractivity contribution in [2.45, 2.75) is 79.2 Å². The molecular formula is C31H36O7. The molecule has 1 aromatic rings. The molecule has 0 N–H and O–H groups in total. The SMILES string of the molecule is CCCCCCC(C)/C=C(\C)C(=O)OC1(C)C(=O)C=C2C=C(c3c(C)cccc3OC(C)=O)OC=C2C1=O. The molecule has 38 heavy (non-hydrogen) atoms. The first-order chi connectivity index (χ1) is 18.0. The fraction of sp³-hybridized carbons (Fsp3) is 0.419. The Morgan fingerprint density at radius 3 is 2.53 bits per heavy atom. The van der Waals surface area contributed by atoms with Gasteiger partial charge in [-0.15, -0.1) is 0 Å². The summed E-state index contributed by atoms with van der Waals surface area (Å²) in [5.74, 6) is -1.68. The maximum Gasteiger partial charge on any atom is 0.334 e. The Labute approximate surface area is 224 Å². The number of hydrogen-bond acceptors (Lipinski definition) is 7. The summed E-state index contributed by atoms with van der Waals surface area (Å²) in [4.78, 5) is 50.9. The van der Waals surface area contributed by atoms with Crippen molar-refractivity contribution in [3.63, 3.8) is 0 Å². The van der Waals surface area contributed by atoms with E-state index in [-0.39, 0.29) is 11.5 Å². The van der Waals surface area contributed by atoms with E-state index in [4.69, 9.17) is 14.2 Å². The van der Waals surface area contributed by atoms with Crippen molar-refractivity contribution in [3.05, 3.63) is 70.5 Å². The van der Waals surface area contributed by atoms with E-state index in [1.54, 1.807) is 25.1 Å². The average molecular weight is 521 g/mol. The number of esters is 2. The zero-order chi connectivity index (χ0) is 28.0. The monoisotopic (exact) mass is 520 g/mol. The Balaban J connectivity index is 1.82. The largest absolute Gasteiger partial charge is 0.463 e. The zero-order valence-electron chi connectivity index (χ0n) is 23.0. The van der Waals surface area contributed by atoms with Crippen molar-refractivity contribution in [2.24, 2.45) is 5.92 Å². The Kier molecular flexibility index (Phi) is 9.26. The molecule has 1 aliphatic carbocycles. The predicted octanol–water partition coefficient (Wildman–Crippen LogP) is 6.11. The highest BCUT2D eigenvalue weighted by molar-refractivity contribution is 6.27. The number of fused-ring (bicyclic) bond motifs is 1. The van der Waals surface area contributed by atoms with Crippen LogP contribution in [0.15, 0.2) is 59.4 Å². The number of aryl methyl sites for hydroxylation is 1. The minimum Gasteiger partial charge on any atom is -0.463 e. The van der Waals surface area contributed by atoms with Crippen LogP contribution in [0.25, 0.3) is 5.76 Å². The molecule has 1 aliphatic heterocycles. The molecule has 0 amide bonds. The summed E-state index contributed by atoms with van der Waals surface area (Å²) in [7, 11) is 0. The van der Waals surface area contributed by atoms with E-state index >= 15 is 0 Å². The molecule has 1 heterocycles. The molecular weight excluding hydrogens is 484 g/mol. The van der Waals surface area contributed by atoms with Crippen molar-refractivity contribution in [3.8, 4) is 5.75 Å². The van der Waals surface area contributed by atoms with Crippen molar-refractivity contribution in [1.29, 1.82) is 0 Å². The fourth-order valence-corrected chi connectivity index (χ4v) is 4.56. The minimum atomic E-state index is -1.99. The predicted molar refractivity (Wildman–Crippen MR) is 144 cm³/mol. The first-order valence-corrected chi connectivity index (χ1v) is 13.1. The van der Waals surface area contributed by atoms with Crippen molar-refractivity contribution >= 4 is 29.3 Å². The number of ether oxygens (including phenoxy) is 3. The summed E-state index contributed by atoms with van der Waals surface area (Å²) in [6.07, 6.45) is 11.4. The zero-order valence-corrected chi connectivity index (χ0v) is 23.0. The van der Waals surface area contributed by atoms with E-state index in [1.807, 2.05) is 26.0 Å². The molecule has 7 heteroatoms. The number of carbonyl (C=O) groups is 4. The Morgan fingerprint density at radius 2 is 1.84 bits per heavy atom. The van der Waals surface area contributed by atoms with Gasteiger partial charge in [-0.1, -0.05) is 57.7 Å². The number of Topliss-reactive ketones (excluding diaryl/α,β-unsaturated/α-hetero) is 1. The molecule has 0 spiro atoms. The molecule has 2 unspecified atom stereocenters. The number of unbranched alkanes of at least 4 members (excludes halogenated alkanes) is 3. The first-order valence-electron chi connectivity index (χ1n) is 13.1. The highest BCUT2D eigenvalue weighted by Crippen LogP contribution is 2.39. The second-order valence-electron chi connectivity index (χ2n) is 10.1. The van der Waals surface area contributed by atoms with Gasteiger partial charge in [0, 0.05) is 12.5 Å². The Morgan fingerprint density at radius 1 is 1.11 bits per heavy atom. The molecule has 0 aromatic heterocycles. The molecule has 0 saturated carbocycles. The number of benzene rings is 1. The van der Waals surface area contributed by atoms with Crippen LogP contribution >= 0.6 is 0 Å². The van der Waals surface area contributed by atoms with Gasteiger partial charge in [0.2, 0.25) is 17.2 Å². The molecule has 3 rings (SSSR count). The van der Waals surface area contributed by atoms with Crippen LogP contribution in [0.1, 0.15) is 77.8 Å². The van der Waals surface area contributed by atoms with Crippen molar-refractivity contribution < 1.29 is 33.4 Å². The third-order valence-corrected chi connectivity index (χ3v) is 6.74. The second-order valence-corrected chi connectivity index (χ2v) is 10.1. The van der Waals surface area contributed by atoms with E-state index in [0.717, 1.165) is 31.2 Å². The molecule has 2 atom stereocenters. The molecule has 0 bridgehead atoms. The molecule has 0 saturated heterocycles. The van der Waals surface area contributed by atoms with Crippen LogP contribution in [-0.2, 0) is 28.7 Å². The second kappa shape index (κ2) is 12.2. The number of ketones is 2. The lowest BCUT2D eigenvalue weighted by molar-refractivity contribution is -0.165. The van der Waals surface area contributed by atoms with Crippen LogP contribution in [-0.4, -0.2) is 29.1 Å². The molecule has 0 fully saturated rings. The van der Waals surface area contributed by atoms with Gasteiger partial charge in [0.25, 0.3) is 0 Å². The Hall–Kier alpha value is -3.74. The average Bonchev–Trinajstić information content (AvgIpc) is 2.85. The third-order valence-electron chi connectivity index (χ3n) is 6.74. The number of rotatable bonds is 10. The first kappa shape index (κ1) is 28.8. The lowest BCUT2D eigenvalue weighted by atomic mass is 9.80. The van der Waals surface area contributed by atoms with Crippen LogP contribution in [0.3, 0.4) is 0 Å². The highest BCUT2D eigenvalue weighted by atomic mass is 16.6. The summed E-state index contributed by atoms with van der Waals surface area (Å²) >= 11 is 0. The summed E-state index contributed by atoms with van der Waals surface area (Å²) < 4.78 is 16.6. The maximum absolute atomic E-state index is 13.4. The van der Waals surface area contributed by atoms with E-state index in [1.165, 1.54) is 32.6 Å². The van der Waals surface area contributed by atoms with Gasteiger partial charge in [0.1, 0.15) is 17.8 Å². The number of hydrogen-bond donors (Lipinski definition) is 0. The Bertz CT molecular complexity index is 1260.